The molecule has 1 aliphatic rings. The minimum absolute atomic E-state index is 1.03. The molecule has 1 heterocycles. The quantitative estimate of drug-likeness (QED) is 0.726. The maximum absolute atomic E-state index is 4.35. The van der Waals surface area contributed by atoms with Crippen molar-refractivity contribution in [3.05, 3.63) is 46.7 Å². The molecule has 13 heavy (non-hydrogen) atoms. The van der Waals surface area contributed by atoms with Crippen LogP contribution in [0.3, 0.4) is 0 Å². The molecule has 0 unspecified atom stereocenters. The van der Waals surface area contributed by atoms with Gasteiger partial charge in [0.2, 0.25) is 0 Å². The molecule has 0 atom stereocenters. The monoisotopic (exact) mass is 235 g/mol. The van der Waals surface area contributed by atoms with Crippen LogP contribution in [0.15, 0.2) is 41.0 Å². The molecule has 0 N–H and O–H groups in total. The normalized spacial score (nSPS) is 15.6. The number of pyridine rings is 1. The second kappa shape index (κ2) is 3.88. The highest BCUT2D eigenvalue weighted by molar-refractivity contribution is 9.10. The predicted molar refractivity (Wildman–Crippen MR) is 58.3 cm³/mol. The van der Waals surface area contributed by atoms with Crippen molar-refractivity contribution >= 4 is 21.5 Å². The molecule has 0 aliphatic heterocycles. The van der Waals surface area contributed by atoms with Gasteiger partial charge in [-0.15, -0.1) is 0 Å². The fraction of sp³-hybridized carbons (Fsp3) is 0.182. The number of hydrogen-bond donors (Lipinski definition) is 0. The van der Waals surface area contributed by atoms with Crippen LogP contribution in [0.4, 0.5) is 0 Å². The van der Waals surface area contributed by atoms with Crippen molar-refractivity contribution in [2.75, 3.05) is 0 Å². The lowest BCUT2D eigenvalue weighted by atomic mass is 10.0. The molecule has 0 saturated carbocycles. The Labute approximate surface area is 86.3 Å². The largest absolute Gasteiger partial charge is 0.255 e. The summed E-state index contributed by atoms with van der Waals surface area (Å²) in [6.45, 7) is 0. The SMILES string of the molecule is Brc1ccc(C2=CC=CCC2)nc1. The molecular formula is C11H10BrN. The van der Waals surface area contributed by atoms with Crippen molar-refractivity contribution < 1.29 is 0 Å². The van der Waals surface area contributed by atoms with E-state index in [0.29, 0.717) is 0 Å². The van der Waals surface area contributed by atoms with Gasteiger partial charge in [0.05, 0.1) is 5.69 Å². The topological polar surface area (TPSA) is 12.9 Å². The fourth-order valence-electron chi connectivity index (χ4n) is 1.38. The zero-order chi connectivity index (χ0) is 9.10. The number of nitrogens with zero attached hydrogens (tertiary/aromatic N) is 1. The minimum atomic E-state index is 1.03. The van der Waals surface area contributed by atoms with E-state index in [-0.39, 0.29) is 0 Å². The van der Waals surface area contributed by atoms with Gasteiger partial charge >= 0.3 is 0 Å². The van der Waals surface area contributed by atoms with Gasteiger partial charge in [-0.05, 0) is 46.5 Å². The first-order valence-electron chi connectivity index (χ1n) is 4.34. The molecule has 1 aromatic rings. The maximum Gasteiger partial charge on any atom is 0.0662 e. The number of allylic oxidation sites excluding steroid dienone is 4. The highest BCUT2D eigenvalue weighted by atomic mass is 79.9. The van der Waals surface area contributed by atoms with Gasteiger partial charge in [0.15, 0.2) is 0 Å². The van der Waals surface area contributed by atoms with Crippen LogP contribution in [-0.2, 0) is 0 Å². The Morgan fingerprint density at radius 3 is 2.85 bits per heavy atom. The third-order valence-electron chi connectivity index (χ3n) is 2.07. The summed E-state index contributed by atoms with van der Waals surface area (Å²) in [7, 11) is 0. The molecule has 1 aliphatic carbocycles. The third kappa shape index (κ3) is 2.07. The lowest BCUT2D eigenvalue weighted by Gasteiger charge is -2.07. The van der Waals surface area contributed by atoms with Crippen LogP contribution in [-0.4, -0.2) is 4.98 Å². The Balaban J connectivity index is 2.30. The molecule has 0 amide bonds. The van der Waals surface area contributed by atoms with Crippen LogP contribution < -0.4 is 0 Å². The van der Waals surface area contributed by atoms with Gasteiger partial charge in [0, 0.05) is 10.7 Å². The Morgan fingerprint density at radius 1 is 1.31 bits per heavy atom. The van der Waals surface area contributed by atoms with E-state index in [0.717, 1.165) is 23.0 Å². The first-order valence-corrected chi connectivity index (χ1v) is 5.13. The molecule has 0 fully saturated rings. The highest BCUT2D eigenvalue weighted by Gasteiger charge is 2.03. The van der Waals surface area contributed by atoms with Crippen molar-refractivity contribution in [3.8, 4) is 0 Å². The number of aromatic nitrogens is 1. The lowest BCUT2D eigenvalue weighted by Crippen LogP contribution is -1.90. The smallest absolute Gasteiger partial charge is 0.0662 e. The average molecular weight is 236 g/mol. The molecule has 0 saturated heterocycles. The van der Waals surface area contributed by atoms with E-state index < -0.39 is 0 Å². The Morgan fingerprint density at radius 2 is 2.23 bits per heavy atom. The van der Waals surface area contributed by atoms with Gasteiger partial charge < -0.3 is 0 Å². The van der Waals surface area contributed by atoms with Crippen LogP contribution in [0.1, 0.15) is 18.5 Å². The Bertz CT molecular complexity index is 349. The summed E-state index contributed by atoms with van der Waals surface area (Å²) in [6, 6.07) is 4.08. The summed E-state index contributed by atoms with van der Waals surface area (Å²) in [5.41, 5.74) is 2.42. The number of halogens is 1. The minimum Gasteiger partial charge on any atom is -0.255 e. The first kappa shape index (κ1) is 8.70. The summed E-state index contributed by atoms with van der Waals surface area (Å²) < 4.78 is 1.03. The van der Waals surface area contributed by atoms with E-state index in [1.165, 1.54) is 5.57 Å². The third-order valence-corrected chi connectivity index (χ3v) is 2.54. The maximum atomic E-state index is 4.35. The summed E-state index contributed by atoms with van der Waals surface area (Å²) in [5.74, 6) is 0. The Hall–Kier alpha value is -0.890. The van der Waals surface area contributed by atoms with Crippen LogP contribution in [0.5, 0.6) is 0 Å². The van der Waals surface area contributed by atoms with Crippen molar-refractivity contribution in [1.82, 2.24) is 4.98 Å². The van der Waals surface area contributed by atoms with Crippen LogP contribution in [0.25, 0.3) is 5.57 Å². The molecule has 1 aromatic heterocycles. The molecule has 0 radical (unpaired) electrons. The van der Waals surface area contributed by atoms with E-state index in [2.05, 4.69) is 45.2 Å². The van der Waals surface area contributed by atoms with Crippen LogP contribution >= 0.6 is 15.9 Å². The zero-order valence-electron chi connectivity index (χ0n) is 7.20. The zero-order valence-corrected chi connectivity index (χ0v) is 8.79. The fourth-order valence-corrected chi connectivity index (χ4v) is 1.62. The molecular weight excluding hydrogens is 226 g/mol. The van der Waals surface area contributed by atoms with E-state index in [1.807, 2.05) is 12.3 Å². The van der Waals surface area contributed by atoms with E-state index in [1.54, 1.807) is 0 Å². The van der Waals surface area contributed by atoms with Crippen LogP contribution in [0.2, 0.25) is 0 Å². The van der Waals surface area contributed by atoms with Gasteiger partial charge in [0.1, 0.15) is 0 Å². The highest BCUT2D eigenvalue weighted by Crippen LogP contribution is 2.22. The summed E-state index contributed by atoms with van der Waals surface area (Å²) in [5, 5.41) is 0. The molecule has 0 aromatic carbocycles. The van der Waals surface area contributed by atoms with Crippen molar-refractivity contribution in [3.63, 3.8) is 0 Å². The molecule has 2 rings (SSSR count). The molecule has 2 heteroatoms. The standard InChI is InChI=1S/C11H10BrN/c12-10-6-7-11(13-8-10)9-4-2-1-3-5-9/h1-2,4,6-8H,3,5H2. The molecule has 0 spiro atoms. The second-order valence-electron chi connectivity index (χ2n) is 3.02. The van der Waals surface area contributed by atoms with Gasteiger partial charge in [0.25, 0.3) is 0 Å². The predicted octanol–water partition coefficient (Wildman–Crippen LogP) is 3.58. The van der Waals surface area contributed by atoms with E-state index in [4.69, 9.17) is 0 Å². The van der Waals surface area contributed by atoms with E-state index in [9.17, 15) is 0 Å². The summed E-state index contributed by atoms with van der Waals surface area (Å²) in [6.07, 6.45) is 10.5. The molecule has 66 valence electrons. The molecule has 1 nitrogen and oxygen atoms in total. The van der Waals surface area contributed by atoms with Gasteiger partial charge in [-0.1, -0.05) is 18.2 Å². The summed E-state index contributed by atoms with van der Waals surface area (Å²) in [4.78, 5) is 4.35. The molecule has 0 bridgehead atoms. The van der Waals surface area contributed by atoms with Gasteiger partial charge in [-0.3, -0.25) is 4.98 Å². The second-order valence-corrected chi connectivity index (χ2v) is 3.94. The number of rotatable bonds is 1. The van der Waals surface area contributed by atoms with Crippen molar-refractivity contribution in [2.24, 2.45) is 0 Å². The first-order chi connectivity index (χ1) is 6.36. The average Bonchev–Trinajstić information content (AvgIpc) is 2.20. The van der Waals surface area contributed by atoms with Crippen molar-refractivity contribution in [1.29, 1.82) is 0 Å². The van der Waals surface area contributed by atoms with Gasteiger partial charge in [-0.2, -0.15) is 0 Å². The van der Waals surface area contributed by atoms with Crippen LogP contribution in [0, 0.1) is 0 Å². The lowest BCUT2D eigenvalue weighted by molar-refractivity contribution is 1.04. The summed E-state index contributed by atoms with van der Waals surface area (Å²) >= 11 is 3.37. The van der Waals surface area contributed by atoms with E-state index >= 15 is 0 Å². The Kier molecular flexibility index (Phi) is 2.60. The van der Waals surface area contributed by atoms with Crippen molar-refractivity contribution in [2.45, 2.75) is 12.8 Å². The number of hydrogen-bond acceptors (Lipinski definition) is 1. The van der Waals surface area contributed by atoms with Gasteiger partial charge in [-0.25, -0.2) is 0 Å².